The molecule has 0 aromatic carbocycles. The predicted octanol–water partition coefficient (Wildman–Crippen LogP) is 3.63. The van der Waals surface area contributed by atoms with Gasteiger partial charge in [-0.15, -0.1) is 0 Å². The second-order valence-electron chi connectivity index (χ2n) is 11.7. The fourth-order valence-corrected chi connectivity index (χ4v) is 5.34. The van der Waals surface area contributed by atoms with Crippen molar-refractivity contribution in [2.75, 3.05) is 65.4 Å². The van der Waals surface area contributed by atoms with Gasteiger partial charge in [0.05, 0.1) is 0 Å². The second kappa shape index (κ2) is 22.0. The van der Waals surface area contributed by atoms with Crippen LogP contribution in [0.5, 0.6) is 0 Å². The third-order valence-corrected chi connectivity index (χ3v) is 8.42. The van der Waals surface area contributed by atoms with E-state index in [2.05, 4.69) is 48.1 Å². The maximum absolute atomic E-state index is 12.7. The van der Waals surface area contributed by atoms with Gasteiger partial charge in [0.25, 0.3) is 0 Å². The Kier molecular flexibility index (Phi) is 19.6. The van der Waals surface area contributed by atoms with Gasteiger partial charge < -0.3 is 31.9 Å². The average molecular weight is 595 g/mol. The van der Waals surface area contributed by atoms with Crippen LogP contribution in [0.25, 0.3) is 0 Å². The van der Waals surface area contributed by atoms with Crippen LogP contribution in [0.2, 0.25) is 0 Å². The van der Waals surface area contributed by atoms with Gasteiger partial charge in [-0.05, 0) is 50.6 Å². The molecule has 0 spiro atoms. The Labute approximate surface area is 255 Å². The average Bonchev–Trinajstić information content (AvgIpc) is 2.97. The number of hydrogen-bond acceptors (Lipinski definition) is 6. The highest BCUT2D eigenvalue weighted by Gasteiger charge is 2.21. The van der Waals surface area contributed by atoms with E-state index < -0.39 is 0 Å². The maximum Gasteiger partial charge on any atom is 0.324 e. The molecule has 1 heterocycles. The van der Waals surface area contributed by atoms with Gasteiger partial charge in [-0.3, -0.25) is 20.6 Å². The molecule has 244 valence electrons. The second-order valence-corrected chi connectivity index (χ2v) is 11.7. The summed E-state index contributed by atoms with van der Waals surface area (Å²) >= 11 is 0. The number of urea groups is 2. The summed E-state index contributed by atoms with van der Waals surface area (Å²) in [7, 11) is 0. The fraction of sp³-hybridized carbons (Fsp3) is 0.867. The molecular weight excluding hydrogens is 532 g/mol. The number of nitrogens with two attached hydrogens (primary N) is 2. The minimum atomic E-state index is -0.280. The van der Waals surface area contributed by atoms with Gasteiger partial charge in [-0.25, -0.2) is 9.59 Å². The Bertz CT molecular complexity index is 724. The molecular formula is C30H62N10O2. The molecule has 4 amide bonds. The van der Waals surface area contributed by atoms with Gasteiger partial charge in [0, 0.05) is 52.4 Å². The number of carbonyl (C=O) groups is 2. The van der Waals surface area contributed by atoms with E-state index in [1.807, 2.05) is 0 Å². The summed E-state index contributed by atoms with van der Waals surface area (Å²) in [6, 6.07) is -0.561. The van der Waals surface area contributed by atoms with E-state index in [1.54, 1.807) is 0 Å². The van der Waals surface area contributed by atoms with E-state index in [-0.39, 0.29) is 24.0 Å². The van der Waals surface area contributed by atoms with Gasteiger partial charge in [0.1, 0.15) is 0 Å². The summed E-state index contributed by atoms with van der Waals surface area (Å²) in [6.45, 7) is 16.1. The Morgan fingerprint density at radius 2 is 1.05 bits per heavy atom. The van der Waals surface area contributed by atoms with Crippen LogP contribution in [-0.2, 0) is 0 Å². The summed E-state index contributed by atoms with van der Waals surface area (Å²) in [5, 5.41) is 21.7. The van der Waals surface area contributed by atoms with Crippen LogP contribution in [0, 0.1) is 22.7 Å². The van der Waals surface area contributed by atoms with Crippen LogP contribution in [-0.4, -0.2) is 109 Å². The Morgan fingerprint density at radius 1 is 0.690 bits per heavy atom. The van der Waals surface area contributed by atoms with Crippen molar-refractivity contribution >= 4 is 24.0 Å². The summed E-state index contributed by atoms with van der Waals surface area (Å²) < 4.78 is 0. The van der Waals surface area contributed by atoms with Crippen molar-refractivity contribution in [3.05, 3.63) is 0 Å². The van der Waals surface area contributed by atoms with Crippen LogP contribution < -0.4 is 22.1 Å². The first-order valence-electron chi connectivity index (χ1n) is 16.4. The molecule has 2 atom stereocenters. The monoisotopic (exact) mass is 595 g/mol. The molecule has 0 aliphatic carbocycles. The maximum atomic E-state index is 12.7. The molecule has 2 unspecified atom stereocenters. The van der Waals surface area contributed by atoms with Gasteiger partial charge in [-0.2, -0.15) is 0 Å². The van der Waals surface area contributed by atoms with Crippen molar-refractivity contribution in [1.29, 1.82) is 10.8 Å². The first-order valence-corrected chi connectivity index (χ1v) is 16.4. The normalized spacial score (nSPS) is 15.5. The third-order valence-electron chi connectivity index (χ3n) is 8.42. The largest absolute Gasteiger partial charge is 0.370 e. The number of amides is 4. The van der Waals surface area contributed by atoms with E-state index in [1.165, 1.54) is 9.80 Å². The zero-order valence-electron chi connectivity index (χ0n) is 27.1. The van der Waals surface area contributed by atoms with E-state index in [4.69, 9.17) is 22.3 Å². The molecule has 0 bridgehead atoms. The lowest BCUT2D eigenvalue weighted by molar-refractivity contribution is 0.127. The zero-order chi connectivity index (χ0) is 31.3. The predicted molar refractivity (Wildman–Crippen MR) is 173 cm³/mol. The SMILES string of the molecule is CCCCC(CC)CNC(=O)N(CCCN1CCN(CCCN(C(=N)N)C(=O)NCC(CC)CCCC)CC1)C(=N)N. The van der Waals surface area contributed by atoms with E-state index in [0.29, 0.717) is 38.0 Å². The number of hydrogen-bond donors (Lipinski definition) is 6. The van der Waals surface area contributed by atoms with Crippen molar-refractivity contribution in [3.63, 3.8) is 0 Å². The van der Waals surface area contributed by atoms with Crippen molar-refractivity contribution in [1.82, 2.24) is 30.2 Å². The van der Waals surface area contributed by atoms with Crippen molar-refractivity contribution < 1.29 is 9.59 Å². The lowest BCUT2D eigenvalue weighted by atomic mass is 9.99. The van der Waals surface area contributed by atoms with Crippen molar-refractivity contribution in [2.24, 2.45) is 23.3 Å². The zero-order valence-corrected chi connectivity index (χ0v) is 27.1. The molecule has 12 heteroatoms. The number of unbranched alkanes of at least 4 members (excludes halogenated alkanes) is 2. The van der Waals surface area contributed by atoms with Crippen molar-refractivity contribution in [2.45, 2.75) is 91.9 Å². The summed E-state index contributed by atoms with van der Waals surface area (Å²) in [6.07, 6.45) is 10.4. The number of carbonyl (C=O) groups excluding carboxylic acids is 2. The summed E-state index contributed by atoms with van der Waals surface area (Å²) in [5.41, 5.74) is 11.5. The highest BCUT2D eigenvalue weighted by molar-refractivity contribution is 5.94. The quantitative estimate of drug-likeness (QED) is 0.0928. The molecule has 0 radical (unpaired) electrons. The number of guanidine groups is 2. The molecule has 1 aliphatic rings. The standard InChI is InChI=1S/C30H62N10O2/c1-5-9-13-25(7-3)23-35-29(41)39(27(31)32)17-11-15-37-19-21-38(22-20-37)16-12-18-40(28(33)34)30(42)36-24-26(8-4)14-10-6-2/h25-26H,5-24H2,1-4H3,(H3,31,32)(H3,33,34)(H,35,41)(H,36,42). The first-order chi connectivity index (χ1) is 20.2. The lowest BCUT2D eigenvalue weighted by Crippen LogP contribution is -2.51. The van der Waals surface area contributed by atoms with Gasteiger partial charge in [-0.1, -0.05) is 66.2 Å². The van der Waals surface area contributed by atoms with E-state index in [0.717, 1.165) is 103 Å². The van der Waals surface area contributed by atoms with Gasteiger partial charge in [0.15, 0.2) is 11.9 Å². The van der Waals surface area contributed by atoms with Crippen LogP contribution in [0.15, 0.2) is 0 Å². The van der Waals surface area contributed by atoms with Crippen LogP contribution in [0.1, 0.15) is 91.9 Å². The summed E-state index contributed by atoms with van der Waals surface area (Å²) in [5.74, 6) is 0.480. The Balaban J connectivity index is 2.35. The molecule has 1 rings (SSSR count). The van der Waals surface area contributed by atoms with Crippen LogP contribution in [0.4, 0.5) is 9.59 Å². The van der Waals surface area contributed by atoms with Crippen molar-refractivity contribution in [3.8, 4) is 0 Å². The minimum Gasteiger partial charge on any atom is -0.370 e. The topological polar surface area (TPSA) is 171 Å². The molecule has 0 aromatic heterocycles. The molecule has 42 heavy (non-hydrogen) atoms. The van der Waals surface area contributed by atoms with E-state index >= 15 is 0 Å². The number of nitrogens with zero attached hydrogens (tertiary/aromatic N) is 4. The Hall–Kier alpha value is -2.60. The fourth-order valence-electron chi connectivity index (χ4n) is 5.34. The summed E-state index contributed by atoms with van der Waals surface area (Å²) in [4.78, 5) is 32.8. The third kappa shape index (κ3) is 15.0. The molecule has 1 saturated heterocycles. The lowest BCUT2D eigenvalue weighted by Gasteiger charge is -2.35. The van der Waals surface area contributed by atoms with Crippen LogP contribution in [0.3, 0.4) is 0 Å². The minimum absolute atomic E-state index is 0.214. The molecule has 1 fully saturated rings. The Morgan fingerprint density at radius 3 is 1.33 bits per heavy atom. The molecule has 0 aromatic rings. The number of rotatable bonds is 20. The molecule has 0 saturated carbocycles. The molecule has 1 aliphatic heterocycles. The highest BCUT2D eigenvalue weighted by atomic mass is 16.2. The van der Waals surface area contributed by atoms with Gasteiger partial charge >= 0.3 is 12.1 Å². The van der Waals surface area contributed by atoms with Gasteiger partial charge in [0.2, 0.25) is 0 Å². The highest BCUT2D eigenvalue weighted by Crippen LogP contribution is 2.13. The smallest absolute Gasteiger partial charge is 0.324 e. The number of nitrogens with one attached hydrogen (secondary N) is 4. The van der Waals surface area contributed by atoms with Crippen LogP contribution >= 0.6 is 0 Å². The van der Waals surface area contributed by atoms with E-state index in [9.17, 15) is 9.59 Å². The molecule has 12 nitrogen and oxygen atoms in total. The first kappa shape index (κ1) is 37.4. The number of piperazine rings is 1. The molecule has 8 N–H and O–H groups in total.